The number of carbonyl (C=O) groups is 1. The van der Waals surface area contributed by atoms with Crippen LogP contribution < -0.4 is 4.90 Å². The molecule has 5 rings (SSSR count). The Morgan fingerprint density at radius 1 is 0.606 bits per heavy atom. The standard InChI is InChI=1S/C31H25NO/c1-23(29-21-18-25-10-8-9-15-30(25)31(29)22-33)24-16-19-28(20-17-24)32(26-11-4-2-5-12-26)27-13-6-3-7-14-27/h2-23H,1H3. The van der Waals surface area contributed by atoms with Gasteiger partial charge in [-0.1, -0.05) is 91.9 Å². The van der Waals surface area contributed by atoms with Crippen molar-refractivity contribution in [2.75, 3.05) is 4.90 Å². The number of nitrogens with zero attached hydrogens (tertiary/aromatic N) is 1. The van der Waals surface area contributed by atoms with Crippen molar-refractivity contribution in [3.05, 3.63) is 138 Å². The fourth-order valence-corrected chi connectivity index (χ4v) is 4.51. The van der Waals surface area contributed by atoms with E-state index < -0.39 is 0 Å². The van der Waals surface area contributed by atoms with E-state index >= 15 is 0 Å². The van der Waals surface area contributed by atoms with Gasteiger partial charge in [-0.25, -0.2) is 0 Å². The molecule has 0 saturated heterocycles. The van der Waals surface area contributed by atoms with Crippen molar-refractivity contribution in [1.29, 1.82) is 0 Å². The van der Waals surface area contributed by atoms with Gasteiger partial charge in [0.25, 0.3) is 0 Å². The quantitative estimate of drug-likeness (QED) is 0.254. The molecule has 5 aromatic rings. The Morgan fingerprint density at radius 3 is 1.76 bits per heavy atom. The van der Waals surface area contributed by atoms with E-state index in [9.17, 15) is 4.79 Å². The van der Waals surface area contributed by atoms with Crippen molar-refractivity contribution in [3.63, 3.8) is 0 Å². The van der Waals surface area contributed by atoms with Gasteiger partial charge in [0.05, 0.1) is 0 Å². The third kappa shape index (κ3) is 4.04. The fourth-order valence-electron chi connectivity index (χ4n) is 4.51. The van der Waals surface area contributed by atoms with Crippen LogP contribution in [0.3, 0.4) is 0 Å². The highest BCUT2D eigenvalue weighted by atomic mass is 16.1. The summed E-state index contributed by atoms with van der Waals surface area (Å²) in [6, 6.07) is 41.7. The molecule has 1 unspecified atom stereocenters. The van der Waals surface area contributed by atoms with Gasteiger partial charge in [0, 0.05) is 28.5 Å². The van der Waals surface area contributed by atoms with Crippen LogP contribution in [0, 0.1) is 0 Å². The molecule has 2 nitrogen and oxygen atoms in total. The van der Waals surface area contributed by atoms with E-state index in [1.165, 1.54) is 5.56 Å². The highest BCUT2D eigenvalue weighted by molar-refractivity contribution is 5.99. The first-order chi connectivity index (χ1) is 16.3. The minimum Gasteiger partial charge on any atom is -0.311 e. The molecule has 1 atom stereocenters. The molecule has 0 aromatic heterocycles. The van der Waals surface area contributed by atoms with E-state index in [1.807, 2.05) is 36.4 Å². The van der Waals surface area contributed by atoms with Crippen molar-refractivity contribution in [2.24, 2.45) is 0 Å². The van der Waals surface area contributed by atoms with E-state index in [1.54, 1.807) is 0 Å². The topological polar surface area (TPSA) is 20.3 Å². The van der Waals surface area contributed by atoms with Crippen LogP contribution in [0.25, 0.3) is 10.8 Å². The van der Waals surface area contributed by atoms with Crippen molar-refractivity contribution in [1.82, 2.24) is 0 Å². The number of benzene rings is 5. The number of para-hydroxylation sites is 2. The summed E-state index contributed by atoms with van der Waals surface area (Å²) in [5.41, 5.74) is 6.33. The largest absolute Gasteiger partial charge is 0.311 e. The number of anilines is 3. The Bertz CT molecular complexity index is 1340. The zero-order chi connectivity index (χ0) is 22.6. The van der Waals surface area contributed by atoms with Gasteiger partial charge < -0.3 is 4.90 Å². The molecule has 2 heteroatoms. The molecule has 160 valence electrons. The van der Waals surface area contributed by atoms with Gasteiger partial charge in [-0.3, -0.25) is 4.79 Å². The predicted octanol–water partition coefficient (Wildman–Crippen LogP) is 8.27. The summed E-state index contributed by atoms with van der Waals surface area (Å²) in [6.45, 7) is 2.16. The maximum Gasteiger partial charge on any atom is 0.150 e. The highest BCUT2D eigenvalue weighted by Gasteiger charge is 2.17. The Labute approximate surface area is 194 Å². The molecule has 0 aliphatic carbocycles. The lowest BCUT2D eigenvalue weighted by Crippen LogP contribution is -2.10. The van der Waals surface area contributed by atoms with Gasteiger partial charge in [0.1, 0.15) is 0 Å². The minimum absolute atomic E-state index is 0.103. The number of rotatable bonds is 6. The lowest BCUT2D eigenvalue weighted by molar-refractivity contribution is 0.112. The molecule has 33 heavy (non-hydrogen) atoms. The van der Waals surface area contributed by atoms with Crippen molar-refractivity contribution in [2.45, 2.75) is 12.8 Å². The summed E-state index contributed by atoms with van der Waals surface area (Å²) < 4.78 is 0. The maximum absolute atomic E-state index is 12.0. The molecule has 0 radical (unpaired) electrons. The molecular weight excluding hydrogens is 402 g/mol. The molecule has 0 heterocycles. The molecule has 0 spiro atoms. The van der Waals surface area contributed by atoms with Gasteiger partial charge in [-0.2, -0.15) is 0 Å². The molecule has 0 N–H and O–H groups in total. The molecule has 5 aromatic carbocycles. The SMILES string of the molecule is CC(c1ccc(N(c2ccccc2)c2ccccc2)cc1)c1ccc2ccccc2c1C=O. The van der Waals surface area contributed by atoms with Crippen LogP contribution >= 0.6 is 0 Å². The summed E-state index contributed by atoms with van der Waals surface area (Å²) in [6.07, 6.45) is 0.995. The monoisotopic (exact) mass is 427 g/mol. The van der Waals surface area contributed by atoms with Gasteiger partial charge >= 0.3 is 0 Å². The second-order valence-electron chi connectivity index (χ2n) is 8.23. The molecule has 0 bridgehead atoms. The summed E-state index contributed by atoms with van der Waals surface area (Å²) >= 11 is 0. The third-order valence-corrected chi connectivity index (χ3v) is 6.27. The average Bonchev–Trinajstić information content (AvgIpc) is 2.89. The molecule has 0 aliphatic rings. The van der Waals surface area contributed by atoms with E-state index in [0.29, 0.717) is 0 Å². The Morgan fingerprint density at radius 2 is 1.15 bits per heavy atom. The molecule has 0 saturated carbocycles. The first kappa shape index (κ1) is 20.7. The summed E-state index contributed by atoms with van der Waals surface area (Å²) in [5, 5.41) is 2.10. The summed E-state index contributed by atoms with van der Waals surface area (Å²) in [4.78, 5) is 14.3. The molecular formula is C31H25NO. The number of aldehydes is 1. The molecule has 0 aliphatic heterocycles. The van der Waals surface area contributed by atoms with Crippen LogP contribution in [-0.4, -0.2) is 6.29 Å². The van der Waals surface area contributed by atoms with Crippen LogP contribution in [0.1, 0.15) is 34.3 Å². The van der Waals surface area contributed by atoms with Crippen LogP contribution in [0.2, 0.25) is 0 Å². The number of carbonyl (C=O) groups excluding carboxylic acids is 1. The average molecular weight is 428 g/mol. The summed E-state index contributed by atoms with van der Waals surface area (Å²) in [5.74, 6) is 0.103. The predicted molar refractivity (Wildman–Crippen MR) is 138 cm³/mol. The second kappa shape index (κ2) is 9.13. The zero-order valence-electron chi connectivity index (χ0n) is 18.6. The van der Waals surface area contributed by atoms with Gasteiger partial charge in [-0.15, -0.1) is 0 Å². The molecule has 0 amide bonds. The highest BCUT2D eigenvalue weighted by Crippen LogP contribution is 2.36. The van der Waals surface area contributed by atoms with Crippen LogP contribution in [-0.2, 0) is 0 Å². The number of hydrogen-bond donors (Lipinski definition) is 0. The van der Waals surface area contributed by atoms with Crippen molar-refractivity contribution >= 4 is 34.1 Å². The van der Waals surface area contributed by atoms with Gasteiger partial charge in [0.15, 0.2) is 6.29 Å². The van der Waals surface area contributed by atoms with E-state index in [2.05, 4.69) is 96.8 Å². The van der Waals surface area contributed by atoms with E-state index in [0.717, 1.165) is 45.2 Å². The van der Waals surface area contributed by atoms with Crippen molar-refractivity contribution < 1.29 is 4.79 Å². The minimum atomic E-state index is 0.103. The lowest BCUT2D eigenvalue weighted by Gasteiger charge is -2.26. The number of hydrogen-bond acceptors (Lipinski definition) is 2. The van der Waals surface area contributed by atoms with Crippen molar-refractivity contribution in [3.8, 4) is 0 Å². The first-order valence-electron chi connectivity index (χ1n) is 11.2. The van der Waals surface area contributed by atoms with Crippen LogP contribution in [0.5, 0.6) is 0 Å². The zero-order valence-corrected chi connectivity index (χ0v) is 18.6. The fraction of sp³-hybridized carbons (Fsp3) is 0.0645. The normalized spacial score (nSPS) is 11.8. The Hall–Kier alpha value is -4.17. The maximum atomic E-state index is 12.0. The third-order valence-electron chi connectivity index (χ3n) is 6.27. The second-order valence-corrected chi connectivity index (χ2v) is 8.23. The van der Waals surface area contributed by atoms with Gasteiger partial charge in [0.2, 0.25) is 0 Å². The first-order valence-corrected chi connectivity index (χ1v) is 11.2. The Balaban J connectivity index is 1.53. The van der Waals surface area contributed by atoms with Crippen LogP contribution in [0.15, 0.2) is 121 Å². The van der Waals surface area contributed by atoms with Gasteiger partial charge in [-0.05, 0) is 58.3 Å². The summed E-state index contributed by atoms with van der Waals surface area (Å²) in [7, 11) is 0. The molecule has 0 fully saturated rings. The van der Waals surface area contributed by atoms with E-state index in [4.69, 9.17) is 0 Å². The number of fused-ring (bicyclic) bond motifs is 1. The van der Waals surface area contributed by atoms with E-state index in [-0.39, 0.29) is 5.92 Å². The Kier molecular flexibility index (Phi) is 5.73. The lowest BCUT2D eigenvalue weighted by atomic mass is 9.87. The smallest absolute Gasteiger partial charge is 0.150 e. The van der Waals surface area contributed by atoms with Crippen LogP contribution in [0.4, 0.5) is 17.1 Å².